The van der Waals surface area contributed by atoms with Crippen LogP contribution in [0.1, 0.15) is 0 Å². The molecule has 0 fully saturated rings. The number of nitrogens with two attached hydrogens (primary N) is 1. The van der Waals surface area contributed by atoms with E-state index in [0.717, 1.165) is 14.3 Å². The third-order valence-electron chi connectivity index (χ3n) is 2.61. The molecule has 0 amide bonds. The van der Waals surface area contributed by atoms with Gasteiger partial charge in [-0.15, -0.1) is 0 Å². The first-order valence-corrected chi connectivity index (χ1v) is 7.09. The molecule has 6 heteroatoms. The van der Waals surface area contributed by atoms with Gasteiger partial charge in [-0.1, -0.05) is 23.9 Å². The molecule has 0 saturated carbocycles. The summed E-state index contributed by atoms with van der Waals surface area (Å²) in [6.07, 6.45) is 0. The van der Waals surface area contributed by atoms with Gasteiger partial charge in [0.05, 0.1) is 5.52 Å². The van der Waals surface area contributed by atoms with Crippen molar-refractivity contribution in [2.24, 2.45) is 0 Å². The maximum Gasteiger partial charge on any atom is 0.417 e. The number of H-pyrrole nitrogens is 1. The van der Waals surface area contributed by atoms with E-state index in [9.17, 15) is 4.79 Å². The zero-order chi connectivity index (χ0) is 13.4. The van der Waals surface area contributed by atoms with Crippen LogP contribution in [0.5, 0.6) is 0 Å². The monoisotopic (exact) mass is 336 g/mol. The number of aromatic amines is 1. The average molecular weight is 337 g/mol. The van der Waals surface area contributed by atoms with Gasteiger partial charge in [0.1, 0.15) is 0 Å². The first kappa shape index (κ1) is 12.4. The number of nitrogens with one attached hydrogen (secondary N) is 1. The van der Waals surface area contributed by atoms with Crippen LogP contribution in [-0.4, -0.2) is 4.98 Å². The van der Waals surface area contributed by atoms with Crippen LogP contribution in [0.15, 0.2) is 59.9 Å². The molecular formula is C13H9BrN2O2S. The lowest BCUT2D eigenvalue weighted by Crippen LogP contribution is -1.93. The molecule has 0 aliphatic carbocycles. The molecule has 0 atom stereocenters. The molecule has 2 aromatic carbocycles. The molecule has 96 valence electrons. The second-order valence-corrected chi connectivity index (χ2v) is 5.87. The second kappa shape index (κ2) is 4.79. The van der Waals surface area contributed by atoms with Gasteiger partial charge < -0.3 is 10.2 Å². The van der Waals surface area contributed by atoms with Crippen molar-refractivity contribution < 1.29 is 4.42 Å². The summed E-state index contributed by atoms with van der Waals surface area (Å²) in [7, 11) is 0. The second-order valence-electron chi connectivity index (χ2n) is 3.93. The third kappa shape index (κ3) is 2.41. The van der Waals surface area contributed by atoms with E-state index in [1.807, 2.05) is 30.3 Å². The van der Waals surface area contributed by atoms with Gasteiger partial charge in [-0.2, -0.15) is 0 Å². The lowest BCUT2D eigenvalue weighted by molar-refractivity contribution is 0.555. The van der Waals surface area contributed by atoms with Gasteiger partial charge in [-0.3, -0.25) is 4.98 Å². The fourth-order valence-electron chi connectivity index (χ4n) is 1.73. The Labute approximate surface area is 121 Å². The van der Waals surface area contributed by atoms with Crippen molar-refractivity contribution in [3.8, 4) is 0 Å². The number of benzene rings is 2. The average Bonchev–Trinajstić information content (AvgIpc) is 2.71. The number of rotatable bonds is 2. The largest absolute Gasteiger partial charge is 0.417 e. The molecule has 0 saturated heterocycles. The van der Waals surface area contributed by atoms with E-state index < -0.39 is 5.76 Å². The van der Waals surface area contributed by atoms with E-state index in [4.69, 9.17) is 10.2 Å². The molecule has 0 aliphatic rings. The summed E-state index contributed by atoms with van der Waals surface area (Å²) in [5.74, 6) is -0.475. The van der Waals surface area contributed by atoms with E-state index >= 15 is 0 Å². The summed E-state index contributed by atoms with van der Waals surface area (Å²) in [6.45, 7) is 0. The minimum absolute atomic E-state index is 0.471. The molecule has 0 unspecified atom stereocenters. The molecule has 1 aromatic heterocycles. The summed E-state index contributed by atoms with van der Waals surface area (Å²) in [5.41, 5.74) is 7.68. The smallest absolute Gasteiger partial charge is 0.408 e. The van der Waals surface area contributed by atoms with Gasteiger partial charge in [0.25, 0.3) is 0 Å². The molecule has 19 heavy (non-hydrogen) atoms. The lowest BCUT2D eigenvalue weighted by atomic mass is 10.3. The molecule has 0 bridgehead atoms. The standard InChI is InChI=1S/C13H9BrN2O2S/c14-7-3-1-2-4-11(7)19-12-6-9-10(5-8(12)15)18-13(17)16-9/h1-6H,15H2,(H,16,17). The predicted octanol–water partition coefficient (Wildman–Crippen LogP) is 3.62. The van der Waals surface area contributed by atoms with E-state index in [1.165, 1.54) is 11.8 Å². The number of halogens is 1. The van der Waals surface area contributed by atoms with E-state index in [-0.39, 0.29) is 0 Å². The lowest BCUT2D eigenvalue weighted by Gasteiger charge is -2.06. The predicted molar refractivity (Wildman–Crippen MR) is 79.5 cm³/mol. The third-order valence-corrected chi connectivity index (χ3v) is 4.71. The van der Waals surface area contributed by atoms with Gasteiger partial charge in [0, 0.05) is 26.0 Å². The first-order valence-electron chi connectivity index (χ1n) is 5.48. The highest BCUT2D eigenvalue weighted by Crippen LogP contribution is 2.37. The Morgan fingerprint density at radius 2 is 2.00 bits per heavy atom. The van der Waals surface area contributed by atoms with Crippen molar-refractivity contribution in [1.82, 2.24) is 4.98 Å². The molecular weight excluding hydrogens is 328 g/mol. The topological polar surface area (TPSA) is 72.0 Å². The van der Waals surface area contributed by atoms with Gasteiger partial charge in [-0.05, 0) is 34.1 Å². The highest BCUT2D eigenvalue weighted by molar-refractivity contribution is 9.10. The molecule has 0 radical (unpaired) electrons. The molecule has 3 N–H and O–H groups in total. The van der Waals surface area contributed by atoms with Crippen LogP contribution in [0, 0.1) is 0 Å². The number of oxazole rings is 1. The minimum Gasteiger partial charge on any atom is -0.408 e. The quantitative estimate of drug-likeness (QED) is 0.701. The molecule has 3 rings (SSSR count). The maximum atomic E-state index is 11.1. The minimum atomic E-state index is -0.475. The maximum absolute atomic E-state index is 11.1. The van der Waals surface area contributed by atoms with Crippen LogP contribution in [0.25, 0.3) is 11.1 Å². The van der Waals surface area contributed by atoms with Crippen molar-refractivity contribution >= 4 is 44.5 Å². The first-order chi connectivity index (χ1) is 9.13. The van der Waals surface area contributed by atoms with Crippen molar-refractivity contribution in [2.75, 3.05) is 5.73 Å². The molecule has 0 aliphatic heterocycles. The molecule has 4 nitrogen and oxygen atoms in total. The molecule has 3 aromatic rings. The van der Waals surface area contributed by atoms with Gasteiger partial charge in [0.2, 0.25) is 0 Å². The number of fused-ring (bicyclic) bond motifs is 1. The van der Waals surface area contributed by atoms with Crippen LogP contribution in [0.3, 0.4) is 0 Å². The fourth-order valence-corrected chi connectivity index (χ4v) is 3.16. The van der Waals surface area contributed by atoms with E-state index in [0.29, 0.717) is 16.8 Å². The Hall–Kier alpha value is -1.66. The highest BCUT2D eigenvalue weighted by Gasteiger charge is 2.09. The van der Waals surface area contributed by atoms with Gasteiger partial charge in [0.15, 0.2) is 5.58 Å². The van der Waals surface area contributed by atoms with Crippen molar-refractivity contribution in [3.05, 3.63) is 51.4 Å². The van der Waals surface area contributed by atoms with Crippen LogP contribution in [-0.2, 0) is 0 Å². The fraction of sp³-hybridized carbons (Fsp3) is 0. The zero-order valence-electron chi connectivity index (χ0n) is 9.64. The van der Waals surface area contributed by atoms with E-state index in [1.54, 1.807) is 6.07 Å². The van der Waals surface area contributed by atoms with Crippen LogP contribution in [0.2, 0.25) is 0 Å². The number of anilines is 1. The van der Waals surface area contributed by atoms with Crippen molar-refractivity contribution in [2.45, 2.75) is 9.79 Å². The number of aromatic nitrogens is 1. The normalized spacial score (nSPS) is 11.0. The Morgan fingerprint density at radius 1 is 1.21 bits per heavy atom. The summed E-state index contributed by atoms with van der Waals surface area (Å²) >= 11 is 5.02. The van der Waals surface area contributed by atoms with Gasteiger partial charge >= 0.3 is 5.76 Å². The summed E-state index contributed by atoms with van der Waals surface area (Å²) in [6, 6.07) is 11.4. The van der Waals surface area contributed by atoms with Crippen molar-refractivity contribution in [3.63, 3.8) is 0 Å². The Bertz CT molecular complexity index is 810. The Kier molecular flexibility index (Phi) is 3.12. The zero-order valence-corrected chi connectivity index (χ0v) is 12.0. The molecule has 0 spiro atoms. The van der Waals surface area contributed by atoms with Crippen LogP contribution >= 0.6 is 27.7 Å². The summed E-state index contributed by atoms with van der Waals surface area (Å²) in [5, 5.41) is 0. The number of nitrogen functional groups attached to an aromatic ring is 1. The van der Waals surface area contributed by atoms with Crippen molar-refractivity contribution in [1.29, 1.82) is 0 Å². The Morgan fingerprint density at radius 3 is 2.79 bits per heavy atom. The highest BCUT2D eigenvalue weighted by atomic mass is 79.9. The SMILES string of the molecule is Nc1cc2oc(=O)[nH]c2cc1Sc1ccccc1Br. The van der Waals surface area contributed by atoms with Crippen LogP contribution in [0.4, 0.5) is 5.69 Å². The summed E-state index contributed by atoms with van der Waals surface area (Å²) < 4.78 is 5.97. The summed E-state index contributed by atoms with van der Waals surface area (Å²) in [4.78, 5) is 15.7. The van der Waals surface area contributed by atoms with E-state index in [2.05, 4.69) is 20.9 Å². The number of hydrogen-bond acceptors (Lipinski definition) is 4. The van der Waals surface area contributed by atoms with Crippen LogP contribution < -0.4 is 11.5 Å². The number of hydrogen-bond donors (Lipinski definition) is 2. The molecule has 1 heterocycles. The van der Waals surface area contributed by atoms with Gasteiger partial charge in [-0.25, -0.2) is 4.79 Å². The Balaban J connectivity index is 2.07.